The predicted octanol–water partition coefficient (Wildman–Crippen LogP) is 2.61. The van der Waals surface area contributed by atoms with Crippen LogP contribution in [-0.2, 0) is 11.2 Å². The molecule has 1 heterocycles. The molecular weight excluding hydrogens is 336 g/mol. The molecule has 1 N–H and O–H groups in total. The molecule has 0 atom stereocenters. The van der Waals surface area contributed by atoms with Gasteiger partial charge in [-0.2, -0.15) is 0 Å². The van der Waals surface area contributed by atoms with E-state index in [9.17, 15) is 9.59 Å². The molecule has 0 aromatic heterocycles. The summed E-state index contributed by atoms with van der Waals surface area (Å²) in [5.74, 6) is 6.81. The van der Waals surface area contributed by atoms with Crippen LogP contribution in [0.2, 0.25) is 0 Å². The van der Waals surface area contributed by atoms with Gasteiger partial charge in [0.15, 0.2) is 0 Å². The minimum Gasteiger partial charge on any atom is -0.354 e. The summed E-state index contributed by atoms with van der Waals surface area (Å²) in [4.78, 5) is 26.4. The van der Waals surface area contributed by atoms with Gasteiger partial charge in [-0.05, 0) is 61.1 Å². The second-order valence-electron chi connectivity index (χ2n) is 7.21. The highest BCUT2D eigenvalue weighted by atomic mass is 16.2. The van der Waals surface area contributed by atoms with E-state index in [4.69, 9.17) is 0 Å². The van der Waals surface area contributed by atoms with Crippen LogP contribution in [0.25, 0.3) is 0 Å². The maximum Gasteiger partial charge on any atom is 0.254 e. The number of hydrogen-bond acceptors (Lipinski definition) is 2. The van der Waals surface area contributed by atoms with Gasteiger partial charge in [0.2, 0.25) is 5.91 Å². The third-order valence-electron chi connectivity index (χ3n) is 5.02. The fourth-order valence-electron chi connectivity index (χ4n) is 3.24. The first-order valence-electron chi connectivity index (χ1n) is 9.45. The molecule has 4 rings (SSSR count). The van der Waals surface area contributed by atoms with Gasteiger partial charge in [0.05, 0.1) is 6.54 Å². The molecule has 0 saturated heterocycles. The first kappa shape index (κ1) is 17.4. The monoisotopic (exact) mass is 358 g/mol. The van der Waals surface area contributed by atoms with Crippen LogP contribution in [0.5, 0.6) is 0 Å². The first-order chi connectivity index (χ1) is 13.2. The predicted molar refractivity (Wildman–Crippen MR) is 104 cm³/mol. The first-order valence-corrected chi connectivity index (χ1v) is 9.45. The van der Waals surface area contributed by atoms with Gasteiger partial charge in [-0.1, -0.05) is 30.0 Å². The summed E-state index contributed by atoms with van der Waals surface area (Å²) < 4.78 is 0. The van der Waals surface area contributed by atoms with Gasteiger partial charge in [0, 0.05) is 29.8 Å². The van der Waals surface area contributed by atoms with Gasteiger partial charge >= 0.3 is 0 Å². The van der Waals surface area contributed by atoms with Gasteiger partial charge < -0.3 is 10.2 Å². The topological polar surface area (TPSA) is 49.4 Å². The fourth-order valence-corrected chi connectivity index (χ4v) is 3.24. The largest absolute Gasteiger partial charge is 0.354 e. The van der Waals surface area contributed by atoms with Crippen LogP contribution in [0.4, 0.5) is 0 Å². The number of amides is 2. The zero-order chi connectivity index (χ0) is 18.6. The van der Waals surface area contributed by atoms with Crippen LogP contribution < -0.4 is 5.32 Å². The van der Waals surface area contributed by atoms with Crippen molar-refractivity contribution in [2.45, 2.75) is 19.3 Å². The maximum absolute atomic E-state index is 12.7. The molecule has 1 saturated carbocycles. The van der Waals surface area contributed by atoms with Crippen molar-refractivity contribution in [3.8, 4) is 11.8 Å². The second-order valence-corrected chi connectivity index (χ2v) is 7.21. The Hall–Kier alpha value is -3.06. The van der Waals surface area contributed by atoms with E-state index in [1.54, 1.807) is 4.90 Å². The Morgan fingerprint density at radius 2 is 1.85 bits per heavy atom. The van der Waals surface area contributed by atoms with E-state index < -0.39 is 0 Å². The van der Waals surface area contributed by atoms with Gasteiger partial charge in [0.25, 0.3) is 5.91 Å². The van der Waals surface area contributed by atoms with Crippen LogP contribution in [0.1, 0.15) is 39.9 Å². The van der Waals surface area contributed by atoms with E-state index in [2.05, 4.69) is 17.2 Å². The highest BCUT2D eigenvalue weighted by Gasteiger charge is 2.27. The molecule has 2 aliphatic rings. The van der Waals surface area contributed by atoms with E-state index in [-0.39, 0.29) is 18.4 Å². The van der Waals surface area contributed by atoms with Crippen molar-refractivity contribution in [1.29, 1.82) is 0 Å². The number of carbonyl (C=O) groups is 2. The average molecular weight is 358 g/mol. The van der Waals surface area contributed by atoms with Gasteiger partial charge in [-0.25, -0.2) is 0 Å². The van der Waals surface area contributed by atoms with Crippen LogP contribution in [0, 0.1) is 17.8 Å². The molecule has 2 aromatic rings. The summed E-state index contributed by atoms with van der Waals surface area (Å²) in [5, 5.41) is 2.93. The molecule has 4 nitrogen and oxygen atoms in total. The van der Waals surface area contributed by atoms with E-state index in [1.165, 1.54) is 12.8 Å². The van der Waals surface area contributed by atoms with Gasteiger partial charge in [-0.15, -0.1) is 0 Å². The number of nitrogens with one attached hydrogen (secondary N) is 1. The lowest BCUT2D eigenvalue weighted by molar-refractivity contribution is -0.121. The van der Waals surface area contributed by atoms with Crippen LogP contribution in [-0.4, -0.2) is 36.3 Å². The quantitative estimate of drug-likeness (QED) is 0.854. The lowest BCUT2D eigenvalue weighted by Crippen LogP contribution is -2.44. The zero-order valence-electron chi connectivity index (χ0n) is 15.2. The average Bonchev–Trinajstić information content (AvgIpc) is 3.52. The minimum absolute atomic E-state index is 0.0657. The SMILES string of the molecule is O=C(CN1CCc2cc(C#Cc3ccccc3)ccc2C1=O)NCC1CC1. The molecular formula is C23H22N2O2. The Morgan fingerprint density at radius 1 is 1.07 bits per heavy atom. The summed E-state index contributed by atoms with van der Waals surface area (Å²) in [6.07, 6.45) is 3.15. The number of fused-ring (bicyclic) bond motifs is 1. The maximum atomic E-state index is 12.7. The Kier molecular flexibility index (Phi) is 4.93. The molecule has 1 aliphatic carbocycles. The summed E-state index contributed by atoms with van der Waals surface area (Å²) in [6.45, 7) is 1.44. The summed E-state index contributed by atoms with van der Waals surface area (Å²) in [6, 6.07) is 15.5. The van der Waals surface area contributed by atoms with Crippen molar-refractivity contribution >= 4 is 11.8 Å². The van der Waals surface area contributed by atoms with E-state index in [0.717, 1.165) is 29.7 Å². The summed E-state index contributed by atoms with van der Waals surface area (Å²) in [5.41, 5.74) is 3.56. The van der Waals surface area contributed by atoms with Crippen LogP contribution in [0.3, 0.4) is 0 Å². The normalized spacial score (nSPS) is 15.6. The number of hydrogen-bond donors (Lipinski definition) is 1. The Labute approximate surface area is 159 Å². The zero-order valence-corrected chi connectivity index (χ0v) is 15.2. The van der Waals surface area contributed by atoms with Crippen molar-refractivity contribution in [3.63, 3.8) is 0 Å². The van der Waals surface area contributed by atoms with E-state index in [1.807, 2.05) is 48.5 Å². The standard InChI is InChI=1S/C23H22N2O2/c26-22(24-15-19-8-9-19)16-25-13-12-20-14-18(10-11-21(20)23(25)27)7-6-17-4-2-1-3-5-17/h1-5,10-11,14,19H,8-9,12-13,15-16H2,(H,24,26). The molecule has 0 spiro atoms. The van der Waals surface area contributed by atoms with Crippen molar-refractivity contribution in [3.05, 3.63) is 70.8 Å². The lowest BCUT2D eigenvalue weighted by Gasteiger charge is -2.28. The lowest BCUT2D eigenvalue weighted by atomic mass is 9.96. The summed E-state index contributed by atoms with van der Waals surface area (Å²) >= 11 is 0. The molecule has 1 aliphatic heterocycles. The number of nitrogens with zero attached hydrogens (tertiary/aromatic N) is 1. The third-order valence-corrected chi connectivity index (χ3v) is 5.02. The molecule has 4 heteroatoms. The second kappa shape index (κ2) is 7.67. The van der Waals surface area contributed by atoms with Gasteiger partial charge in [0.1, 0.15) is 0 Å². The highest BCUT2D eigenvalue weighted by Crippen LogP contribution is 2.27. The van der Waals surface area contributed by atoms with Gasteiger partial charge in [-0.3, -0.25) is 9.59 Å². The molecule has 1 fully saturated rings. The fraction of sp³-hybridized carbons (Fsp3) is 0.304. The number of rotatable bonds is 4. The van der Waals surface area contributed by atoms with E-state index >= 15 is 0 Å². The molecule has 2 aromatic carbocycles. The van der Waals surface area contributed by atoms with E-state index in [0.29, 0.717) is 18.0 Å². The Morgan fingerprint density at radius 3 is 2.63 bits per heavy atom. The van der Waals surface area contributed by atoms with Crippen molar-refractivity contribution in [1.82, 2.24) is 10.2 Å². The number of carbonyl (C=O) groups excluding carboxylic acids is 2. The molecule has 2 amide bonds. The van der Waals surface area contributed by atoms with Crippen LogP contribution >= 0.6 is 0 Å². The van der Waals surface area contributed by atoms with Crippen molar-refractivity contribution in [2.75, 3.05) is 19.6 Å². The Bertz CT molecular complexity index is 920. The summed E-state index contributed by atoms with van der Waals surface area (Å²) in [7, 11) is 0. The van der Waals surface area contributed by atoms with Crippen molar-refractivity contribution < 1.29 is 9.59 Å². The molecule has 27 heavy (non-hydrogen) atoms. The number of benzene rings is 2. The molecule has 0 unspecified atom stereocenters. The molecule has 0 radical (unpaired) electrons. The minimum atomic E-state index is -0.0691. The van der Waals surface area contributed by atoms with Crippen molar-refractivity contribution in [2.24, 2.45) is 5.92 Å². The highest BCUT2D eigenvalue weighted by molar-refractivity contribution is 5.98. The third kappa shape index (κ3) is 4.38. The molecule has 0 bridgehead atoms. The molecule has 136 valence electrons. The smallest absolute Gasteiger partial charge is 0.254 e. The Balaban J connectivity index is 1.42. The van der Waals surface area contributed by atoms with Crippen LogP contribution in [0.15, 0.2) is 48.5 Å².